The number of nitrogens with one attached hydrogen (secondary N) is 1. The molecule has 0 aromatic rings. The van der Waals surface area contributed by atoms with Crippen molar-refractivity contribution in [2.45, 2.75) is 224 Å². The van der Waals surface area contributed by atoms with Gasteiger partial charge < -0.3 is 35.2 Å². The molecule has 13 heteroatoms. The minimum Gasteiger partial charge on any atom is -0.394 e. The van der Waals surface area contributed by atoms with Crippen LogP contribution in [-0.4, -0.2) is 95.4 Å². The van der Waals surface area contributed by atoms with Gasteiger partial charge in [-0.25, -0.2) is 4.18 Å². The molecule has 1 fully saturated rings. The van der Waals surface area contributed by atoms with Crippen molar-refractivity contribution in [2.24, 2.45) is 0 Å². The van der Waals surface area contributed by atoms with Crippen molar-refractivity contribution in [3.05, 3.63) is 12.2 Å². The highest BCUT2D eigenvalue weighted by molar-refractivity contribution is 7.80. The molecule has 0 aliphatic carbocycles. The maximum atomic E-state index is 13.0. The monoisotopic (exact) mass is 780 g/mol. The van der Waals surface area contributed by atoms with Gasteiger partial charge in [0.2, 0.25) is 5.91 Å². The number of hydrogen-bond donors (Lipinski definition) is 6. The van der Waals surface area contributed by atoms with E-state index < -0.39 is 59.9 Å². The van der Waals surface area contributed by atoms with Crippen LogP contribution < -0.4 is 5.32 Å². The summed E-state index contributed by atoms with van der Waals surface area (Å²) in [5, 5.41) is 44.5. The summed E-state index contributed by atoms with van der Waals surface area (Å²) in [6.45, 7) is 3.35. The summed E-state index contributed by atoms with van der Waals surface area (Å²) >= 11 is 0. The molecule has 0 radical (unpaired) electrons. The molecule has 1 aliphatic heterocycles. The molecule has 1 saturated heterocycles. The lowest BCUT2D eigenvalue weighted by Crippen LogP contribution is -2.61. The molecular weight excluding hydrogens is 703 g/mol. The summed E-state index contributed by atoms with van der Waals surface area (Å²) in [6.07, 6.45) is 24.0. The highest BCUT2D eigenvalue weighted by atomic mass is 32.3. The minimum absolute atomic E-state index is 0.263. The maximum absolute atomic E-state index is 13.0. The fourth-order valence-electron chi connectivity index (χ4n) is 6.75. The smallest absolute Gasteiger partial charge is 0.394 e. The number of rotatable bonds is 35. The number of carbonyl (C=O) groups excluding carboxylic acids is 1. The largest absolute Gasteiger partial charge is 0.397 e. The van der Waals surface area contributed by atoms with Crippen LogP contribution in [0.2, 0.25) is 0 Å². The lowest BCUT2D eigenvalue weighted by Gasteiger charge is -2.41. The Balaban J connectivity index is 2.54. The third kappa shape index (κ3) is 25.6. The number of unbranched alkanes of at least 4 members (excludes halogenated alkanes) is 23. The first-order valence-corrected chi connectivity index (χ1v) is 22.4. The van der Waals surface area contributed by atoms with Crippen LogP contribution in [0.3, 0.4) is 0 Å². The van der Waals surface area contributed by atoms with Crippen LogP contribution in [0.4, 0.5) is 0 Å². The Morgan fingerprint density at radius 2 is 1.19 bits per heavy atom. The van der Waals surface area contributed by atoms with Gasteiger partial charge in [0.1, 0.15) is 24.4 Å². The van der Waals surface area contributed by atoms with E-state index in [2.05, 4.69) is 23.3 Å². The van der Waals surface area contributed by atoms with E-state index in [4.69, 9.17) is 14.0 Å². The fourth-order valence-corrected chi connectivity index (χ4v) is 7.26. The van der Waals surface area contributed by atoms with Gasteiger partial charge in [-0.2, -0.15) is 8.42 Å². The predicted molar refractivity (Wildman–Crippen MR) is 209 cm³/mol. The van der Waals surface area contributed by atoms with Crippen LogP contribution in [0.1, 0.15) is 181 Å². The molecule has 1 rings (SSSR count). The second-order valence-electron chi connectivity index (χ2n) is 14.9. The molecule has 1 amide bonds. The summed E-state index contributed by atoms with van der Waals surface area (Å²) in [5.74, 6) is -0.263. The van der Waals surface area contributed by atoms with Gasteiger partial charge in [-0.05, 0) is 19.3 Å². The maximum Gasteiger partial charge on any atom is 0.397 e. The average molecular weight is 780 g/mol. The van der Waals surface area contributed by atoms with E-state index >= 15 is 0 Å². The number of allylic oxidation sites excluding steroid dienone is 1. The second-order valence-corrected chi connectivity index (χ2v) is 16.0. The molecule has 7 unspecified atom stereocenters. The Kier molecular flexibility index (Phi) is 30.1. The van der Waals surface area contributed by atoms with Gasteiger partial charge in [0, 0.05) is 6.42 Å². The molecule has 0 saturated carbocycles. The van der Waals surface area contributed by atoms with Gasteiger partial charge in [-0.1, -0.05) is 167 Å². The molecule has 0 bridgehead atoms. The molecule has 0 spiro atoms. The van der Waals surface area contributed by atoms with Crippen molar-refractivity contribution in [3.8, 4) is 0 Å². The summed E-state index contributed by atoms with van der Waals surface area (Å²) in [7, 11) is -5.08. The van der Waals surface area contributed by atoms with E-state index in [-0.39, 0.29) is 18.9 Å². The summed E-state index contributed by atoms with van der Waals surface area (Å²) in [5.41, 5.74) is 0. The zero-order chi connectivity index (χ0) is 39.2. The van der Waals surface area contributed by atoms with Crippen molar-refractivity contribution >= 4 is 16.3 Å². The molecule has 12 nitrogen and oxygen atoms in total. The first-order chi connectivity index (χ1) is 25.5. The minimum atomic E-state index is -5.08. The molecule has 0 aromatic heterocycles. The normalized spacial score (nSPS) is 22.0. The van der Waals surface area contributed by atoms with Gasteiger partial charge in [0.05, 0.1) is 25.4 Å². The van der Waals surface area contributed by atoms with Crippen LogP contribution in [0.5, 0.6) is 0 Å². The zero-order valence-corrected chi connectivity index (χ0v) is 33.9. The zero-order valence-electron chi connectivity index (χ0n) is 33.1. The van der Waals surface area contributed by atoms with Crippen molar-refractivity contribution < 1.29 is 51.8 Å². The highest BCUT2D eigenvalue weighted by Crippen LogP contribution is 2.26. The predicted octanol–water partition coefficient (Wildman–Crippen LogP) is 7.21. The molecule has 1 heterocycles. The summed E-state index contributed by atoms with van der Waals surface area (Å²) < 4.78 is 47.4. The quantitative estimate of drug-likeness (QED) is 0.0216. The van der Waals surface area contributed by atoms with E-state index in [9.17, 15) is 33.6 Å². The standard InChI is InChI=1S/C40H77NO11S/c1-3-5-7-9-11-13-15-16-17-18-19-20-22-24-26-28-30-36(44)41-33(34(43)29-27-25-23-21-14-12-10-8-6-4-2)32-50-40-38(46)39(52-53(47,48)49)37(45)35(31-42)51-40/h27,29,33-35,37-40,42-43,45-46H,3-26,28,30-32H2,1-2H3,(H,41,44)(H,47,48,49)/b29-27+. The van der Waals surface area contributed by atoms with Crippen LogP contribution in [0.25, 0.3) is 0 Å². The topological polar surface area (TPSA) is 192 Å². The molecule has 0 aromatic carbocycles. The molecule has 7 atom stereocenters. The Bertz CT molecular complexity index is 1010. The Hall–Kier alpha value is -1.16. The number of carbonyl (C=O) groups is 1. The molecule has 314 valence electrons. The van der Waals surface area contributed by atoms with E-state index in [0.29, 0.717) is 6.42 Å². The van der Waals surface area contributed by atoms with E-state index in [0.717, 1.165) is 38.5 Å². The van der Waals surface area contributed by atoms with Crippen LogP contribution in [0.15, 0.2) is 12.2 Å². The lowest BCUT2D eigenvalue weighted by atomic mass is 9.99. The molecule has 6 N–H and O–H groups in total. The average Bonchev–Trinajstić information content (AvgIpc) is 3.12. The fraction of sp³-hybridized carbons (Fsp3) is 0.925. The van der Waals surface area contributed by atoms with Gasteiger partial charge in [0.25, 0.3) is 0 Å². The molecule has 53 heavy (non-hydrogen) atoms. The first kappa shape index (κ1) is 49.9. The van der Waals surface area contributed by atoms with E-state index in [1.165, 1.54) is 116 Å². The SMILES string of the molecule is CCCCCCCCCC/C=C/C(O)C(COC1OC(CO)C(O)C(OS(=O)(=O)O)C1O)NC(=O)CCCCCCCCCCCCCCCCCC. The van der Waals surface area contributed by atoms with Crippen molar-refractivity contribution in [1.82, 2.24) is 5.32 Å². The number of ether oxygens (including phenoxy) is 2. The third-order valence-corrected chi connectivity index (χ3v) is 10.5. The number of aliphatic hydroxyl groups is 4. The van der Waals surface area contributed by atoms with Crippen molar-refractivity contribution in [3.63, 3.8) is 0 Å². The first-order valence-electron chi connectivity index (χ1n) is 21.1. The third-order valence-electron chi connectivity index (χ3n) is 10.1. The van der Waals surface area contributed by atoms with Crippen molar-refractivity contribution in [1.29, 1.82) is 0 Å². The van der Waals surface area contributed by atoms with E-state index in [1.807, 2.05) is 6.08 Å². The highest BCUT2D eigenvalue weighted by Gasteiger charge is 2.48. The second kappa shape index (κ2) is 32.0. The number of amides is 1. The molecular formula is C40H77NO11S. The van der Waals surface area contributed by atoms with Gasteiger partial charge in [-0.3, -0.25) is 9.35 Å². The summed E-state index contributed by atoms with van der Waals surface area (Å²) in [6, 6.07) is -0.936. The van der Waals surface area contributed by atoms with Crippen LogP contribution >= 0.6 is 0 Å². The van der Waals surface area contributed by atoms with Crippen molar-refractivity contribution in [2.75, 3.05) is 13.2 Å². The Labute approximate surface area is 321 Å². The van der Waals surface area contributed by atoms with Gasteiger partial charge >= 0.3 is 10.4 Å². The van der Waals surface area contributed by atoms with Gasteiger partial charge in [-0.15, -0.1) is 0 Å². The Morgan fingerprint density at radius 1 is 0.736 bits per heavy atom. The molecule has 1 aliphatic rings. The number of hydrogen-bond acceptors (Lipinski definition) is 10. The van der Waals surface area contributed by atoms with Gasteiger partial charge in [0.15, 0.2) is 6.29 Å². The lowest BCUT2D eigenvalue weighted by molar-refractivity contribution is -0.298. The number of aliphatic hydroxyl groups excluding tert-OH is 4. The summed E-state index contributed by atoms with van der Waals surface area (Å²) in [4.78, 5) is 13.0. The van der Waals surface area contributed by atoms with E-state index in [1.54, 1.807) is 6.08 Å². The van der Waals surface area contributed by atoms with Crippen LogP contribution in [-0.2, 0) is 28.9 Å². The van der Waals surface area contributed by atoms with Crippen LogP contribution in [0, 0.1) is 0 Å². The Morgan fingerprint density at radius 3 is 1.64 bits per heavy atom.